The standard InChI is InChI=1S/C50H34N2O/c1-4-14-36(15-5-1)48-47-22-12-13-33-51(47)50-45-21-11-10-20-43(45)44-32-25-37(34-46(44)49(48)50)35-23-26-39(27-24-35)52(38-16-6-2-7-17-38)40-28-30-42(31-29-40)53-41-18-8-3-9-19-41/h1-34H/i2D,6D,7D,16D,17D. The molecule has 0 aliphatic heterocycles. The van der Waals surface area contributed by atoms with Crippen LogP contribution in [-0.4, -0.2) is 4.40 Å². The van der Waals surface area contributed by atoms with Crippen LogP contribution in [0.3, 0.4) is 0 Å². The van der Waals surface area contributed by atoms with Crippen LogP contribution >= 0.6 is 0 Å². The van der Waals surface area contributed by atoms with Crippen LogP contribution in [0.2, 0.25) is 0 Å². The SMILES string of the molecule is [2H]c1c([2H])c([2H])c(N(c2ccc(Oc3ccccc3)cc2)c2ccc(-c3ccc4c5ccccc5c5c(c(-c6ccccc6)c6ccccn65)c4c3)cc2)c([2H])c1[2H]. The number of fused-ring (bicyclic) bond motifs is 8. The Hall–Kier alpha value is -7.10. The summed E-state index contributed by atoms with van der Waals surface area (Å²) >= 11 is 0. The van der Waals surface area contributed by atoms with E-state index in [-0.39, 0.29) is 17.8 Å². The summed E-state index contributed by atoms with van der Waals surface area (Å²) in [5.74, 6) is 1.30. The molecule has 10 rings (SSSR count). The van der Waals surface area contributed by atoms with Gasteiger partial charge >= 0.3 is 0 Å². The van der Waals surface area contributed by atoms with Crippen molar-refractivity contribution in [1.29, 1.82) is 0 Å². The maximum Gasteiger partial charge on any atom is 0.127 e. The van der Waals surface area contributed by atoms with Crippen LogP contribution in [0.15, 0.2) is 206 Å². The molecular formula is C50H34N2O. The Morgan fingerprint density at radius 3 is 1.81 bits per heavy atom. The highest BCUT2D eigenvalue weighted by Crippen LogP contribution is 2.45. The van der Waals surface area contributed by atoms with E-state index in [0.717, 1.165) is 27.6 Å². The number of aromatic nitrogens is 1. The zero-order valence-electron chi connectivity index (χ0n) is 33.5. The third-order valence-electron chi connectivity index (χ3n) is 9.91. The van der Waals surface area contributed by atoms with E-state index in [4.69, 9.17) is 11.6 Å². The molecule has 0 atom stereocenters. The van der Waals surface area contributed by atoms with E-state index < -0.39 is 18.1 Å². The topological polar surface area (TPSA) is 16.9 Å². The number of pyridine rings is 1. The summed E-state index contributed by atoms with van der Waals surface area (Å²) in [4.78, 5) is 1.71. The Kier molecular flexibility index (Phi) is 6.28. The molecule has 250 valence electrons. The maximum atomic E-state index is 8.91. The summed E-state index contributed by atoms with van der Waals surface area (Å²) in [6.07, 6.45) is 2.15. The fourth-order valence-corrected chi connectivity index (χ4v) is 7.58. The largest absolute Gasteiger partial charge is 0.457 e. The van der Waals surface area contributed by atoms with Crippen LogP contribution in [0, 0.1) is 0 Å². The minimum atomic E-state index is -0.439. The predicted molar refractivity (Wildman–Crippen MR) is 222 cm³/mol. The zero-order valence-corrected chi connectivity index (χ0v) is 28.5. The number of hydrogen-bond acceptors (Lipinski definition) is 2. The number of ether oxygens (including phenoxy) is 1. The van der Waals surface area contributed by atoms with Crippen molar-refractivity contribution in [2.24, 2.45) is 0 Å². The predicted octanol–water partition coefficient (Wildman–Crippen LogP) is 14.0. The number of para-hydroxylation sites is 2. The third-order valence-corrected chi connectivity index (χ3v) is 9.91. The minimum absolute atomic E-state index is 0.0599. The molecule has 0 unspecified atom stereocenters. The van der Waals surface area contributed by atoms with Gasteiger partial charge in [0.1, 0.15) is 11.5 Å². The Morgan fingerprint density at radius 2 is 1.06 bits per heavy atom. The molecule has 3 heteroatoms. The third kappa shape index (κ3) is 5.38. The summed E-state index contributed by atoms with van der Waals surface area (Å²) in [5.41, 5.74) is 7.96. The van der Waals surface area contributed by atoms with E-state index >= 15 is 0 Å². The number of rotatable bonds is 7. The summed E-state index contributed by atoms with van der Waals surface area (Å²) in [6, 6.07) is 55.1. The Morgan fingerprint density at radius 1 is 0.453 bits per heavy atom. The molecular weight excluding hydrogens is 645 g/mol. The lowest BCUT2D eigenvalue weighted by molar-refractivity contribution is 0.483. The van der Waals surface area contributed by atoms with Gasteiger partial charge in [-0.2, -0.15) is 0 Å². The molecule has 0 bridgehead atoms. The first-order valence-corrected chi connectivity index (χ1v) is 17.6. The van der Waals surface area contributed by atoms with Gasteiger partial charge in [0.2, 0.25) is 0 Å². The van der Waals surface area contributed by atoms with Gasteiger partial charge in [0.05, 0.1) is 17.9 Å². The maximum absolute atomic E-state index is 8.91. The Balaban J connectivity index is 1.13. The molecule has 0 aliphatic rings. The lowest BCUT2D eigenvalue weighted by atomic mass is 9.91. The summed E-state index contributed by atoms with van der Waals surface area (Å²) in [7, 11) is 0. The van der Waals surface area contributed by atoms with Crippen LogP contribution in [0.4, 0.5) is 17.1 Å². The van der Waals surface area contributed by atoms with Gasteiger partial charge in [0.25, 0.3) is 0 Å². The van der Waals surface area contributed by atoms with Gasteiger partial charge in [-0.1, -0.05) is 121 Å². The molecule has 0 aliphatic carbocycles. The van der Waals surface area contributed by atoms with Crippen LogP contribution < -0.4 is 9.64 Å². The van der Waals surface area contributed by atoms with Crippen molar-refractivity contribution in [3.05, 3.63) is 206 Å². The van der Waals surface area contributed by atoms with Crippen molar-refractivity contribution < 1.29 is 11.6 Å². The molecule has 8 aromatic carbocycles. The van der Waals surface area contributed by atoms with Crippen molar-refractivity contribution >= 4 is 55.0 Å². The monoisotopic (exact) mass is 683 g/mol. The number of nitrogens with zero attached hydrogens (tertiary/aromatic N) is 2. The van der Waals surface area contributed by atoms with E-state index in [1.54, 1.807) is 4.90 Å². The molecule has 0 radical (unpaired) electrons. The highest BCUT2D eigenvalue weighted by atomic mass is 16.5. The summed E-state index contributed by atoms with van der Waals surface area (Å²) < 4.78 is 51.4. The normalized spacial score (nSPS) is 12.7. The molecule has 3 nitrogen and oxygen atoms in total. The van der Waals surface area contributed by atoms with Gasteiger partial charge < -0.3 is 14.0 Å². The van der Waals surface area contributed by atoms with Gasteiger partial charge in [-0.25, -0.2) is 0 Å². The molecule has 10 aromatic rings. The van der Waals surface area contributed by atoms with Crippen LogP contribution in [0.1, 0.15) is 6.85 Å². The summed E-state index contributed by atoms with van der Waals surface area (Å²) in [5, 5.41) is 5.89. The van der Waals surface area contributed by atoms with Gasteiger partial charge in [-0.3, -0.25) is 0 Å². The molecule has 0 N–H and O–H groups in total. The fraction of sp³-hybridized carbons (Fsp3) is 0. The average Bonchev–Trinajstić information content (AvgIpc) is 3.63. The van der Waals surface area contributed by atoms with Gasteiger partial charge in [0, 0.05) is 39.6 Å². The van der Waals surface area contributed by atoms with Crippen LogP contribution in [0.5, 0.6) is 11.5 Å². The van der Waals surface area contributed by atoms with Gasteiger partial charge in [-0.05, 0) is 112 Å². The molecule has 2 heterocycles. The number of anilines is 3. The van der Waals surface area contributed by atoms with E-state index in [1.165, 1.54) is 32.6 Å². The molecule has 0 amide bonds. The molecule has 0 spiro atoms. The number of benzene rings is 8. The second-order valence-corrected chi connectivity index (χ2v) is 13.0. The van der Waals surface area contributed by atoms with Crippen molar-refractivity contribution in [2.45, 2.75) is 0 Å². The first kappa shape index (κ1) is 25.8. The van der Waals surface area contributed by atoms with Crippen molar-refractivity contribution in [2.75, 3.05) is 4.90 Å². The van der Waals surface area contributed by atoms with E-state index in [0.29, 0.717) is 22.9 Å². The Labute approximate surface area is 315 Å². The Bertz CT molecular complexity index is 3160. The van der Waals surface area contributed by atoms with Crippen LogP contribution in [0.25, 0.3) is 60.2 Å². The molecule has 0 fully saturated rings. The molecule has 53 heavy (non-hydrogen) atoms. The second-order valence-electron chi connectivity index (χ2n) is 13.0. The minimum Gasteiger partial charge on any atom is -0.457 e. The average molecular weight is 684 g/mol. The van der Waals surface area contributed by atoms with Crippen LogP contribution in [-0.2, 0) is 0 Å². The number of hydrogen-bond donors (Lipinski definition) is 0. The first-order valence-electron chi connectivity index (χ1n) is 20.1. The zero-order chi connectivity index (χ0) is 39.5. The molecule has 2 aromatic heterocycles. The van der Waals surface area contributed by atoms with E-state index in [1.807, 2.05) is 84.9 Å². The highest BCUT2D eigenvalue weighted by molar-refractivity contribution is 6.30. The van der Waals surface area contributed by atoms with E-state index in [9.17, 15) is 0 Å². The van der Waals surface area contributed by atoms with Crippen molar-refractivity contribution in [3.63, 3.8) is 0 Å². The molecule has 0 saturated heterocycles. The smallest absolute Gasteiger partial charge is 0.127 e. The highest BCUT2D eigenvalue weighted by Gasteiger charge is 2.20. The van der Waals surface area contributed by atoms with Crippen molar-refractivity contribution in [1.82, 2.24) is 4.40 Å². The van der Waals surface area contributed by atoms with Crippen molar-refractivity contribution in [3.8, 4) is 33.8 Å². The molecule has 0 saturated carbocycles. The van der Waals surface area contributed by atoms with Gasteiger partial charge in [0.15, 0.2) is 0 Å². The second kappa shape index (κ2) is 12.9. The lowest BCUT2D eigenvalue weighted by Crippen LogP contribution is -2.09. The fourth-order valence-electron chi connectivity index (χ4n) is 7.58. The first-order chi connectivity index (χ1) is 28.4. The van der Waals surface area contributed by atoms with Gasteiger partial charge in [-0.15, -0.1) is 0 Å². The lowest BCUT2D eigenvalue weighted by Gasteiger charge is -2.26. The summed E-state index contributed by atoms with van der Waals surface area (Å²) in [6.45, 7) is 0. The quantitative estimate of drug-likeness (QED) is 0.156. The van der Waals surface area contributed by atoms with E-state index in [2.05, 4.69) is 95.5 Å².